The Bertz CT molecular complexity index is 988. The summed E-state index contributed by atoms with van der Waals surface area (Å²) >= 11 is 8.81. The number of aromatic nitrogens is 1. The molecule has 0 fully saturated rings. The van der Waals surface area contributed by atoms with Crippen LogP contribution in [0.2, 0.25) is 5.02 Å². The number of carbonyl (C=O) groups excluding carboxylic acids is 2. The van der Waals surface area contributed by atoms with Gasteiger partial charge in [0, 0.05) is 26.7 Å². The van der Waals surface area contributed by atoms with Gasteiger partial charge in [0.1, 0.15) is 11.6 Å². The van der Waals surface area contributed by atoms with Crippen LogP contribution >= 0.6 is 34.7 Å². The second-order valence-electron chi connectivity index (χ2n) is 6.54. The van der Waals surface area contributed by atoms with Crippen molar-refractivity contribution in [1.29, 1.82) is 0 Å². The van der Waals surface area contributed by atoms with Crippen LogP contribution in [0.1, 0.15) is 22.7 Å². The van der Waals surface area contributed by atoms with Crippen molar-refractivity contribution in [2.45, 2.75) is 31.3 Å². The summed E-state index contributed by atoms with van der Waals surface area (Å²) in [7, 11) is 0. The van der Waals surface area contributed by atoms with E-state index in [0.717, 1.165) is 16.1 Å². The normalized spacial score (nSPS) is 10.6. The third-order valence-electron chi connectivity index (χ3n) is 4.02. The summed E-state index contributed by atoms with van der Waals surface area (Å²) < 4.78 is 5.28. The van der Waals surface area contributed by atoms with Crippen LogP contribution in [0.15, 0.2) is 58.8 Å². The molecule has 0 saturated carbocycles. The van der Waals surface area contributed by atoms with E-state index in [-0.39, 0.29) is 24.9 Å². The highest BCUT2D eigenvalue weighted by atomic mass is 35.5. The Balaban J connectivity index is 1.37. The minimum absolute atomic E-state index is 0.112. The number of aryl methyl sites for hydroxylation is 1. The molecule has 0 aliphatic rings. The molecule has 0 radical (unpaired) electrons. The lowest BCUT2D eigenvalue weighted by atomic mass is 10.2. The number of hydrogen-bond acceptors (Lipinski definition) is 6. The summed E-state index contributed by atoms with van der Waals surface area (Å²) in [5.74, 6) is 0.223. The number of halogens is 1. The molecule has 8 heteroatoms. The Kier molecular flexibility index (Phi) is 8.30. The van der Waals surface area contributed by atoms with Crippen LogP contribution in [0, 0.1) is 6.92 Å². The molecule has 0 aliphatic heterocycles. The summed E-state index contributed by atoms with van der Waals surface area (Å²) in [6, 6.07) is 15.1. The first-order valence-electron chi connectivity index (χ1n) is 9.32. The predicted molar refractivity (Wildman–Crippen MR) is 122 cm³/mol. The fraction of sp³-hybridized carbons (Fsp3) is 0.227. The molecule has 5 nitrogen and oxygen atoms in total. The number of nitrogens with one attached hydrogen (secondary N) is 1. The Morgan fingerprint density at radius 3 is 2.60 bits per heavy atom. The lowest BCUT2D eigenvalue weighted by Gasteiger charge is -2.04. The van der Waals surface area contributed by atoms with Crippen molar-refractivity contribution in [2.75, 3.05) is 11.1 Å². The minimum Gasteiger partial charge on any atom is -0.459 e. The Morgan fingerprint density at radius 2 is 1.87 bits per heavy atom. The fourth-order valence-electron chi connectivity index (χ4n) is 2.49. The Labute approximate surface area is 188 Å². The number of nitrogens with zero attached hydrogens (tertiary/aromatic N) is 1. The van der Waals surface area contributed by atoms with Gasteiger partial charge in [0.25, 0.3) is 0 Å². The zero-order valence-electron chi connectivity index (χ0n) is 16.4. The summed E-state index contributed by atoms with van der Waals surface area (Å²) in [5, 5.41) is 6.03. The number of hydrogen-bond donors (Lipinski definition) is 1. The van der Waals surface area contributed by atoms with Gasteiger partial charge in [-0.25, -0.2) is 4.98 Å². The summed E-state index contributed by atoms with van der Waals surface area (Å²) in [4.78, 5) is 29.5. The molecule has 30 heavy (non-hydrogen) atoms. The highest BCUT2D eigenvalue weighted by Gasteiger charge is 2.10. The molecule has 1 heterocycles. The monoisotopic (exact) mass is 460 g/mol. The highest BCUT2D eigenvalue weighted by molar-refractivity contribution is 7.99. The molecule has 0 atom stereocenters. The summed E-state index contributed by atoms with van der Waals surface area (Å²) in [5.41, 5.74) is 2.54. The van der Waals surface area contributed by atoms with Gasteiger partial charge in [-0.15, -0.1) is 23.1 Å². The highest BCUT2D eigenvalue weighted by Crippen LogP contribution is 2.21. The molecule has 3 aromatic rings. The Hall–Kier alpha value is -2.35. The van der Waals surface area contributed by atoms with Crippen molar-refractivity contribution >= 4 is 52.3 Å². The molecule has 1 N–H and O–H groups in total. The average molecular weight is 461 g/mol. The van der Waals surface area contributed by atoms with E-state index in [1.165, 1.54) is 11.3 Å². The number of rotatable bonds is 9. The van der Waals surface area contributed by atoms with E-state index in [1.807, 2.05) is 60.8 Å². The number of anilines is 1. The third kappa shape index (κ3) is 7.48. The number of ether oxygens (including phenoxy) is 1. The topological polar surface area (TPSA) is 68.3 Å². The van der Waals surface area contributed by atoms with Crippen LogP contribution in [0.4, 0.5) is 5.69 Å². The first kappa shape index (κ1) is 22.3. The Morgan fingerprint density at radius 1 is 1.13 bits per heavy atom. The maximum absolute atomic E-state index is 12.2. The van der Waals surface area contributed by atoms with Crippen molar-refractivity contribution in [2.24, 2.45) is 0 Å². The van der Waals surface area contributed by atoms with Gasteiger partial charge in [0.05, 0.1) is 18.5 Å². The van der Waals surface area contributed by atoms with Gasteiger partial charge in [-0.2, -0.15) is 0 Å². The van der Waals surface area contributed by atoms with Crippen LogP contribution in [0.25, 0.3) is 0 Å². The molecular weight excluding hydrogens is 440 g/mol. The van der Waals surface area contributed by atoms with Gasteiger partial charge in [-0.1, -0.05) is 29.3 Å². The second kappa shape index (κ2) is 11.2. The van der Waals surface area contributed by atoms with E-state index in [2.05, 4.69) is 10.3 Å². The van der Waals surface area contributed by atoms with Crippen molar-refractivity contribution in [1.82, 2.24) is 4.98 Å². The van der Waals surface area contributed by atoms with E-state index >= 15 is 0 Å². The molecular formula is C22H21ClN2O3S2. The largest absolute Gasteiger partial charge is 0.459 e. The zero-order valence-corrected chi connectivity index (χ0v) is 18.8. The summed E-state index contributed by atoms with van der Waals surface area (Å²) in [6.07, 6.45) is 0.494. The number of thiazole rings is 1. The van der Waals surface area contributed by atoms with Gasteiger partial charge in [-0.3, -0.25) is 9.59 Å². The minimum atomic E-state index is -0.275. The average Bonchev–Trinajstić information content (AvgIpc) is 3.17. The van der Waals surface area contributed by atoms with Gasteiger partial charge < -0.3 is 10.1 Å². The second-order valence-corrected chi connectivity index (χ2v) is 9.08. The fourth-order valence-corrected chi connectivity index (χ4v) is 4.22. The van der Waals surface area contributed by atoms with Gasteiger partial charge in [0.15, 0.2) is 0 Å². The lowest BCUT2D eigenvalue weighted by Crippen LogP contribution is -2.14. The first-order chi connectivity index (χ1) is 14.5. The molecule has 0 unspecified atom stereocenters. The maximum atomic E-state index is 12.2. The third-order valence-corrected chi connectivity index (χ3v) is 6.18. The zero-order chi connectivity index (χ0) is 21.3. The SMILES string of the molecule is Cc1ccc(NC(=O)Cc2nc(COC(=O)CCSc3ccc(Cl)cc3)cs2)cc1. The molecule has 3 rings (SSSR count). The van der Waals surface area contributed by atoms with Crippen molar-refractivity contribution in [3.63, 3.8) is 0 Å². The number of benzene rings is 2. The van der Waals surface area contributed by atoms with Crippen molar-refractivity contribution in [3.8, 4) is 0 Å². The molecule has 1 aromatic heterocycles. The van der Waals surface area contributed by atoms with Crippen molar-refractivity contribution < 1.29 is 14.3 Å². The smallest absolute Gasteiger partial charge is 0.307 e. The standard InChI is InChI=1S/C22H21ClN2O3S2/c1-15-2-6-17(7-3-15)24-20(26)12-21-25-18(14-30-21)13-28-22(27)10-11-29-19-8-4-16(23)5-9-19/h2-9,14H,10-13H2,1H3,(H,24,26). The molecule has 0 saturated heterocycles. The number of esters is 1. The molecule has 2 aromatic carbocycles. The van der Waals surface area contributed by atoms with Crippen LogP contribution < -0.4 is 5.32 Å². The number of amides is 1. The quantitative estimate of drug-likeness (QED) is 0.336. The van der Waals surface area contributed by atoms with Crippen LogP contribution in [-0.2, 0) is 27.4 Å². The van der Waals surface area contributed by atoms with E-state index < -0.39 is 0 Å². The van der Waals surface area contributed by atoms with E-state index in [1.54, 1.807) is 11.8 Å². The predicted octanol–water partition coefficient (Wildman–Crippen LogP) is 5.51. The van der Waals surface area contributed by atoms with E-state index in [9.17, 15) is 9.59 Å². The van der Waals surface area contributed by atoms with E-state index in [4.69, 9.17) is 16.3 Å². The van der Waals surface area contributed by atoms with Crippen LogP contribution in [0.3, 0.4) is 0 Å². The van der Waals surface area contributed by atoms with Gasteiger partial charge in [-0.05, 0) is 43.3 Å². The van der Waals surface area contributed by atoms with Crippen molar-refractivity contribution in [3.05, 3.63) is 75.2 Å². The first-order valence-corrected chi connectivity index (χ1v) is 11.6. The number of carbonyl (C=O) groups is 2. The molecule has 1 amide bonds. The maximum Gasteiger partial charge on any atom is 0.307 e. The van der Waals surface area contributed by atoms with Gasteiger partial charge >= 0.3 is 5.97 Å². The molecule has 0 aliphatic carbocycles. The molecule has 0 spiro atoms. The summed E-state index contributed by atoms with van der Waals surface area (Å²) in [6.45, 7) is 2.11. The molecule has 156 valence electrons. The van der Waals surface area contributed by atoms with Gasteiger partial charge in [0.2, 0.25) is 5.91 Å². The van der Waals surface area contributed by atoms with E-state index in [0.29, 0.717) is 27.9 Å². The van der Waals surface area contributed by atoms with Crippen LogP contribution in [-0.4, -0.2) is 22.6 Å². The lowest BCUT2D eigenvalue weighted by molar-refractivity contribution is -0.144. The molecule has 0 bridgehead atoms. The van der Waals surface area contributed by atoms with Crippen LogP contribution in [0.5, 0.6) is 0 Å². The number of thioether (sulfide) groups is 1.